The zero-order valence-electron chi connectivity index (χ0n) is 12.1. The fourth-order valence-corrected chi connectivity index (χ4v) is 3.98. The average Bonchev–Trinajstić information content (AvgIpc) is 3.06. The lowest BCUT2D eigenvalue weighted by Gasteiger charge is -2.19. The van der Waals surface area contributed by atoms with E-state index in [1.54, 1.807) is 0 Å². The van der Waals surface area contributed by atoms with Gasteiger partial charge in [-0.05, 0) is 25.1 Å². The summed E-state index contributed by atoms with van der Waals surface area (Å²) in [6, 6.07) is 16.0. The molecular weight excluding hydrogens is 294 g/mol. The quantitative estimate of drug-likeness (QED) is 0.849. The molecule has 0 saturated heterocycles. The van der Waals surface area contributed by atoms with Crippen molar-refractivity contribution in [1.82, 2.24) is 0 Å². The summed E-state index contributed by atoms with van der Waals surface area (Å²) < 4.78 is -0.621. The number of hydrogen-bond acceptors (Lipinski definition) is 4. The summed E-state index contributed by atoms with van der Waals surface area (Å²) in [6.45, 7) is 2.52. The third-order valence-corrected chi connectivity index (χ3v) is 5.30. The standard InChI is InChI=1S/C17H15N3OS/c1-11-6-8-12(9-7-11)19-16-18-10-17(22-16)13-4-2-3-5-14(13)20-15(17)21/h2-9H,10H2,1H3,(H,18,19)(H,20,21). The molecule has 5 heteroatoms. The van der Waals surface area contributed by atoms with Crippen LogP contribution in [-0.4, -0.2) is 17.6 Å². The summed E-state index contributed by atoms with van der Waals surface area (Å²) in [6.07, 6.45) is 0. The molecule has 4 rings (SSSR count). The van der Waals surface area contributed by atoms with Crippen LogP contribution in [0.5, 0.6) is 0 Å². The molecule has 0 bridgehead atoms. The molecule has 2 aliphatic heterocycles. The van der Waals surface area contributed by atoms with Crippen molar-refractivity contribution in [3.8, 4) is 0 Å². The Labute approximate surface area is 133 Å². The highest BCUT2D eigenvalue weighted by Crippen LogP contribution is 2.49. The number of carbonyl (C=O) groups excluding carboxylic acids is 1. The van der Waals surface area contributed by atoms with Gasteiger partial charge in [0.1, 0.15) is 4.75 Å². The van der Waals surface area contributed by atoms with E-state index in [2.05, 4.69) is 34.7 Å². The number of nitrogens with one attached hydrogen (secondary N) is 2. The molecule has 0 saturated carbocycles. The van der Waals surface area contributed by atoms with Gasteiger partial charge in [0.15, 0.2) is 5.17 Å². The van der Waals surface area contributed by atoms with Gasteiger partial charge in [-0.1, -0.05) is 47.7 Å². The van der Waals surface area contributed by atoms with E-state index in [1.165, 1.54) is 17.3 Å². The number of benzene rings is 2. The van der Waals surface area contributed by atoms with Crippen molar-refractivity contribution in [2.24, 2.45) is 4.99 Å². The molecule has 1 atom stereocenters. The van der Waals surface area contributed by atoms with E-state index in [4.69, 9.17) is 0 Å². The number of thioether (sulfide) groups is 1. The van der Waals surface area contributed by atoms with E-state index < -0.39 is 4.75 Å². The Morgan fingerprint density at radius 1 is 1.18 bits per heavy atom. The highest BCUT2D eigenvalue weighted by atomic mass is 32.2. The first-order valence-corrected chi connectivity index (χ1v) is 7.97. The smallest absolute Gasteiger partial charge is 0.247 e. The van der Waals surface area contributed by atoms with Crippen LogP contribution in [0.1, 0.15) is 11.1 Å². The fraction of sp³-hybridized carbons (Fsp3) is 0.176. The van der Waals surface area contributed by atoms with E-state index in [1.807, 2.05) is 36.4 Å². The minimum atomic E-state index is -0.621. The summed E-state index contributed by atoms with van der Waals surface area (Å²) in [4.78, 5) is 17.0. The number of amides is 1. The van der Waals surface area contributed by atoms with Crippen molar-refractivity contribution in [2.45, 2.75) is 11.7 Å². The molecule has 2 N–H and O–H groups in total. The highest BCUT2D eigenvalue weighted by molar-refractivity contribution is 8.15. The van der Waals surface area contributed by atoms with Crippen LogP contribution in [0.3, 0.4) is 0 Å². The van der Waals surface area contributed by atoms with E-state index >= 15 is 0 Å². The normalized spacial score (nSPS) is 22.4. The Bertz CT molecular complexity index is 785. The third-order valence-electron chi connectivity index (χ3n) is 4.00. The summed E-state index contributed by atoms with van der Waals surface area (Å²) in [5.41, 5.74) is 4.12. The summed E-state index contributed by atoms with van der Waals surface area (Å²) in [5.74, 6) is 0.0168. The van der Waals surface area contributed by atoms with Gasteiger partial charge >= 0.3 is 0 Å². The molecule has 2 heterocycles. The van der Waals surface area contributed by atoms with Gasteiger partial charge in [-0.25, -0.2) is 0 Å². The molecule has 110 valence electrons. The van der Waals surface area contributed by atoms with Gasteiger partial charge in [-0.3, -0.25) is 9.79 Å². The number of para-hydroxylation sites is 1. The Kier molecular flexibility index (Phi) is 2.97. The lowest BCUT2D eigenvalue weighted by atomic mass is 10.00. The van der Waals surface area contributed by atoms with Gasteiger partial charge in [0.2, 0.25) is 5.91 Å². The Morgan fingerprint density at radius 2 is 1.95 bits per heavy atom. The lowest BCUT2D eigenvalue weighted by molar-refractivity contribution is -0.117. The fourth-order valence-electron chi connectivity index (χ4n) is 2.79. The maximum atomic E-state index is 12.5. The second kappa shape index (κ2) is 4.88. The van der Waals surface area contributed by atoms with E-state index in [0.29, 0.717) is 6.54 Å². The molecule has 2 aromatic carbocycles. The molecule has 1 unspecified atom stereocenters. The maximum absolute atomic E-state index is 12.5. The summed E-state index contributed by atoms with van der Waals surface area (Å²) in [5, 5.41) is 7.05. The van der Waals surface area contributed by atoms with Crippen molar-refractivity contribution in [1.29, 1.82) is 0 Å². The molecule has 1 spiro atoms. The van der Waals surface area contributed by atoms with Crippen LogP contribution in [-0.2, 0) is 9.54 Å². The number of amidine groups is 1. The molecule has 22 heavy (non-hydrogen) atoms. The third kappa shape index (κ3) is 2.01. The molecule has 0 aliphatic carbocycles. The number of fused-ring (bicyclic) bond motifs is 2. The Hall–Kier alpha value is -2.27. The van der Waals surface area contributed by atoms with Gasteiger partial charge in [0, 0.05) is 16.9 Å². The van der Waals surface area contributed by atoms with Gasteiger partial charge in [0.05, 0.1) is 6.54 Å². The zero-order chi connectivity index (χ0) is 15.2. The van der Waals surface area contributed by atoms with Crippen molar-refractivity contribution in [3.05, 3.63) is 59.7 Å². The first kappa shape index (κ1) is 13.4. The molecule has 0 fully saturated rings. The largest absolute Gasteiger partial charge is 0.335 e. The summed E-state index contributed by atoms with van der Waals surface area (Å²) in [7, 11) is 0. The maximum Gasteiger partial charge on any atom is 0.247 e. The number of rotatable bonds is 1. The highest BCUT2D eigenvalue weighted by Gasteiger charge is 2.51. The van der Waals surface area contributed by atoms with Crippen molar-refractivity contribution >= 4 is 34.2 Å². The van der Waals surface area contributed by atoms with Crippen molar-refractivity contribution in [3.63, 3.8) is 0 Å². The lowest BCUT2D eigenvalue weighted by Crippen LogP contribution is -2.32. The van der Waals surface area contributed by atoms with E-state index in [-0.39, 0.29) is 5.91 Å². The Morgan fingerprint density at radius 3 is 2.77 bits per heavy atom. The second-order valence-electron chi connectivity index (χ2n) is 5.54. The molecule has 4 nitrogen and oxygen atoms in total. The minimum Gasteiger partial charge on any atom is -0.335 e. The molecule has 0 radical (unpaired) electrons. The van der Waals surface area contributed by atoms with Gasteiger partial charge < -0.3 is 10.6 Å². The molecule has 1 amide bonds. The molecule has 2 aromatic rings. The van der Waals surface area contributed by atoms with Crippen molar-refractivity contribution in [2.75, 3.05) is 17.2 Å². The Balaban J connectivity index is 1.59. The predicted molar refractivity (Wildman–Crippen MR) is 91.4 cm³/mol. The predicted octanol–water partition coefficient (Wildman–Crippen LogP) is 3.36. The van der Waals surface area contributed by atoms with Crippen LogP contribution >= 0.6 is 11.8 Å². The van der Waals surface area contributed by atoms with E-state index in [9.17, 15) is 4.79 Å². The summed E-state index contributed by atoms with van der Waals surface area (Å²) >= 11 is 1.50. The molecule has 2 aliphatic rings. The number of hydrogen-bond donors (Lipinski definition) is 2. The van der Waals surface area contributed by atoms with Crippen LogP contribution in [0.2, 0.25) is 0 Å². The van der Waals surface area contributed by atoms with Crippen LogP contribution in [0.4, 0.5) is 11.4 Å². The van der Waals surface area contributed by atoms with Crippen LogP contribution < -0.4 is 10.6 Å². The first-order valence-electron chi connectivity index (χ1n) is 7.15. The van der Waals surface area contributed by atoms with Gasteiger partial charge in [0.25, 0.3) is 0 Å². The number of aliphatic imine (C=N–C) groups is 1. The number of carbonyl (C=O) groups is 1. The zero-order valence-corrected chi connectivity index (χ0v) is 12.9. The minimum absolute atomic E-state index is 0.0168. The second-order valence-corrected chi connectivity index (χ2v) is 6.83. The topological polar surface area (TPSA) is 53.5 Å². The average molecular weight is 309 g/mol. The number of nitrogens with zero attached hydrogens (tertiary/aromatic N) is 1. The van der Waals surface area contributed by atoms with Crippen LogP contribution in [0.25, 0.3) is 0 Å². The monoisotopic (exact) mass is 309 g/mol. The number of aryl methyl sites for hydroxylation is 1. The van der Waals surface area contributed by atoms with Crippen LogP contribution in [0, 0.1) is 6.92 Å². The van der Waals surface area contributed by atoms with Gasteiger partial charge in [-0.2, -0.15) is 0 Å². The SMILES string of the molecule is Cc1ccc(NC2=NCC3(S2)C(=O)Nc2ccccc23)cc1. The number of anilines is 2. The van der Waals surface area contributed by atoms with E-state index in [0.717, 1.165) is 22.1 Å². The van der Waals surface area contributed by atoms with Crippen LogP contribution in [0.15, 0.2) is 53.5 Å². The molecular formula is C17H15N3OS. The van der Waals surface area contributed by atoms with Crippen molar-refractivity contribution < 1.29 is 4.79 Å². The first-order chi connectivity index (χ1) is 10.7. The van der Waals surface area contributed by atoms with Gasteiger partial charge in [-0.15, -0.1) is 0 Å². The molecule has 0 aromatic heterocycles.